The molecule has 0 spiro atoms. The number of benzene rings is 2. The van der Waals surface area contributed by atoms with Crippen molar-refractivity contribution in [2.24, 2.45) is 0 Å². The van der Waals surface area contributed by atoms with Crippen LogP contribution in [0.1, 0.15) is 11.1 Å². The van der Waals surface area contributed by atoms with Crippen LogP contribution < -0.4 is 4.74 Å². The van der Waals surface area contributed by atoms with Crippen molar-refractivity contribution < 1.29 is 17.9 Å². The molecule has 126 valence electrons. The fourth-order valence-corrected chi connectivity index (χ4v) is 4.05. The van der Waals surface area contributed by atoms with Gasteiger partial charge < -0.3 is 9.64 Å². The maximum absolute atomic E-state index is 12.4. The van der Waals surface area contributed by atoms with E-state index in [1.807, 2.05) is 24.3 Å². The van der Waals surface area contributed by atoms with Crippen LogP contribution in [0.15, 0.2) is 53.4 Å². The normalized spacial score (nSPS) is 14.1. The molecule has 0 bridgehead atoms. The number of hydrogen-bond acceptors (Lipinski definition) is 4. The number of hydrogen-bond donors (Lipinski definition) is 0. The minimum absolute atomic E-state index is 0.133. The second kappa shape index (κ2) is 6.65. The molecule has 5 nitrogen and oxygen atoms in total. The van der Waals surface area contributed by atoms with Gasteiger partial charge in [0.2, 0.25) is 5.91 Å². The van der Waals surface area contributed by atoms with Gasteiger partial charge in [-0.15, -0.1) is 0 Å². The molecule has 6 heteroatoms. The summed E-state index contributed by atoms with van der Waals surface area (Å²) < 4.78 is 29.9. The molecule has 0 saturated carbocycles. The van der Waals surface area contributed by atoms with Crippen LogP contribution in [0.2, 0.25) is 0 Å². The van der Waals surface area contributed by atoms with Crippen molar-refractivity contribution in [3.05, 3.63) is 59.7 Å². The van der Waals surface area contributed by atoms with Gasteiger partial charge in [0.1, 0.15) is 11.5 Å². The highest BCUT2D eigenvalue weighted by atomic mass is 32.2. The molecule has 1 amide bonds. The number of rotatable bonds is 4. The standard InChI is InChI=1S/C18H19NO4S/c1-23-16-6-8-17(9-7-16)24(21,22)13-18(20)19-11-10-14-4-2-3-5-15(14)12-19/h2-9H,10-13H2,1H3. The number of ether oxygens (including phenoxy) is 1. The Balaban J connectivity index is 1.72. The first-order valence-corrected chi connectivity index (χ1v) is 9.36. The highest BCUT2D eigenvalue weighted by Gasteiger charge is 2.26. The Morgan fingerprint density at radius 3 is 2.42 bits per heavy atom. The number of amides is 1. The van der Waals surface area contributed by atoms with Crippen molar-refractivity contribution in [3.8, 4) is 5.75 Å². The zero-order valence-corrected chi connectivity index (χ0v) is 14.3. The number of sulfone groups is 1. The molecular weight excluding hydrogens is 326 g/mol. The molecule has 0 atom stereocenters. The Morgan fingerprint density at radius 1 is 1.08 bits per heavy atom. The first kappa shape index (κ1) is 16.5. The molecular formula is C18H19NO4S. The summed E-state index contributed by atoms with van der Waals surface area (Å²) in [6, 6.07) is 14.0. The Bertz CT molecular complexity index is 844. The lowest BCUT2D eigenvalue weighted by molar-refractivity contribution is -0.129. The molecule has 0 unspecified atom stereocenters. The third-order valence-corrected chi connectivity index (χ3v) is 5.83. The molecule has 2 aromatic rings. The molecule has 1 heterocycles. The van der Waals surface area contributed by atoms with Gasteiger partial charge in [0.25, 0.3) is 0 Å². The Morgan fingerprint density at radius 2 is 1.75 bits per heavy atom. The topological polar surface area (TPSA) is 63.7 Å². The monoisotopic (exact) mass is 345 g/mol. The van der Waals surface area contributed by atoms with Crippen LogP contribution >= 0.6 is 0 Å². The van der Waals surface area contributed by atoms with Gasteiger partial charge in [-0.25, -0.2) is 8.42 Å². The van der Waals surface area contributed by atoms with Crippen LogP contribution in [-0.2, 0) is 27.6 Å². The lowest BCUT2D eigenvalue weighted by atomic mass is 10.00. The summed E-state index contributed by atoms with van der Waals surface area (Å²) in [6.45, 7) is 1.01. The van der Waals surface area contributed by atoms with Crippen LogP contribution in [-0.4, -0.2) is 38.6 Å². The van der Waals surface area contributed by atoms with Crippen LogP contribution in [0.3, 0.4) is 0 Å². The fraction of sp³-hybridized carbons (Fsp3) is 0.278. The average Bonchev–Trinajstić information content (AvgIpc) is 2.61. The maximum Gasteiger partial charge on any atom is 0.238 e. The van der Waals surface area contributed by atoms with Crippen LogP contribution in [0.5, 0.6) is 5.75 Å². The molecule has 24 heavy (non-hydrogen) atoms. The van der Waals surface area contributed by atoms with Crippen molar-refractivity contribution in [2.75, 3.05) is 19.4 Å². The number of carbonyl (C=O) groups is 1. The van der Waals surface area contributed by atoms with Gasteiger partial charge in [0.15, 0.2) is 9.84 Å². The summed E-state index contributed by atoms with van der Waals surface area (Å²) in [5.74, 6) is -0.296. The van der Waals surface area contributed by atoms with E-state index in [1.54, 1.807) is 17.0 Å². The summed E-state index contributed by atoms with van der Waals surface area (Å²) in [5, 5.41) is 0. The van der Waals surface area contributed by atoms with Crippen LogP contribution in [0.4, 0.5) is 0 Å². The van der Waals surface area contributed by atoms with E-state index in [4.69, 9.17) is 4.74 Å². The van der Waals surface area contributed by atoms with Crippen molar-refractivity contribution in [2.45, 2.75) is 17.9 Å². The van der Waals surface area contributed by atoms with E-state index >= 15 is 0 Å². The number of fused-ring (bicyclic) bond motifs is 1. The molecule has 0 radical (unpaired) electrons. The SMILES string of the molecule is COc1ccc(S(=O)(=O)CC(=O)N2CCc3ccccc3C2)cc1. The number of methoxy groups -OCH3 is 1. The van der Waals surface area contributed by atoms with E-state index in [0.29, 0.717) is 18.8 Å². The smallest absolute Gasteiger partial charge is 0.238 e. The fourth-order valence-electron chi connectivity index (χ4n) is 2.83. The van der Waals surface area contributed by atoms with E-state index in [1.165, 1.54) is 24.8 Å². The zero-order valence-electron chi connectivity index (χ0n) is 13.4. The third kappa shape index (κ3) is 3.43. The number of nitrogens with zero attached hydrogens (tertiary/aromatic N) is 1. The van der Waals surface area contributed by atoms with E-state index in [-0.39, 0.29) is 10.8 Å². The van der Waals surface area contributed by atoms with Gasteiger partial charge in [0, 0.05) is 13.1 Å². The van der Waals surface area contributed by atoms with Crippen molar-refractivity contribution in [3.63, 3.8) is 0 Å². The Labute approximate surface area is 141 Å². The Hall–Kier alpha value is -2.34. The molecule has 1 aliphatic heterocycles. The second-order valence-electron chi connectivity index (χ2n) is 5.77. The lowest BCUT2D eigenvalue weighted by Gasteiger charge is -2.28. The van der Waals surface area contributed by atoms with Gasteiger partial charge in [-0.05, 0) is 41.8 Å². The minimum Gasteiger partial charge on any atom is -0.497 e. The lowest BCUT2D eigenvalue weighted by Crippen LogP contribution is -2.39. The predicted octanol–water partition coefficient (Wildman–Crippen LogP) is 2.05. The van der Waals surface area contributed by atoms with E-state index in [2.05, 4.69) is 0 Å². The molecule has 0 fully saturated rings. The predicted molar refractivity (Wildman–Crippen MR) is 90.6 cm³/mol. The highest BCUT2D eigenvalue weighted by molar-refractivity contribution is 7.92. The van der Waals surface area contributed by atoms with Crippen molar-refractivity contribution in [1.29, 1.82) is 0 Å². The second-order valence-corrected chi connectivity index (χ2v) is 7.76. The summed E-state index contributed by atoms with van der Waals surface area (Å²) in [5.41, 5.74) is 2.30. The van der Waals surface area contributed by atoms with Crippen molar-refractivity contribution >= 4 is 15.7 Å². The van der Waals surface area contributed by atoms with Gasteiger partial charge in [-0.3, -0.25) is 4.79 Å². The van der Waals surface area contributed by atoms with Gasteiger partial charge in [0.05, 0.1) is 12.0 Å². The van der Waals surface area contributed by atoms with Gasteiger partial charge in [-0.1, -0.05) is 24.3 Å². The van der Waals surface area contributed by atoms with Crippen LogP contribution in [0, 0.1) is 0 Å². The quantitative estimate of drug-likeness (QED) is 0.851. The summed E-state index contributed by atoms with van der Waals surface area (Å²) in [4.78, 5) is 14.2. The van der Waals surface area contributed by atoms with Gasteiger partial charge in [-0.2, -0.15) is 0 Å². The third-order valence-electron chi connectivity index (χ3n) is 4.22. The molecule has 0 saturated heterocycles. The molecule has 3 rings (SSSR count). The zero-order chi connectivity index (χ0) is 17.2. The Kier molecular flexibility index (Phi) is 4.57. The summed E-state index contributed by atoms with van der Waals surface area (Å²) in [6.07, 6.45) is 0.754. The van der Waals surface area contributed by atoms with Crippen molar-refractivity contribution in [1.82, 2.24) is 4.90 Å². The largest absolute Gasteiger partial charge is 0.497 e. The summed E-state index contributed by atoms with van der Waals surface area (Å²) in [7, 11) is -2.14. The first-order chi connectivity index (χ1) is 11.5. The maximum atomic E-state index is 12.4. The van der Waals surface area contributed by atoms with E-state index in [9.17, 15) is 13.2 Å². The molecule has 1 aliphatic rings. The molecule has 0 aromatic heterocycles. The molecule has 0 N–H and O–H groups in total. The van der Waals surface area contributed by atoms with Gasteiger partial charge >= 0.3 is 0 Å². The van der Waals surface area contributed by atoms with E-state index < -0.39 is 15.6 Å². The van der Waals surface area contributed by atoms with E-state index in [0.717, 1.165) is 12.0 Å². The highest BCUT2D eigenvalue weighted by Crippen LogP contribution is 2.21. The first-order valence-electron chi connectivity index (χ1n) is 7.71. The summed E-state index contributed by atoms with van der Waals surface area (Å²) >= 11 is 0. The molecule has 2 aromatic carbocycles. The minimum atomic E-state index is -3.66. The number of carbonyl (C=O) groups excluding carboxylic acids is 1. The average molecular weight is 345 g/mol. The van der Waals surface area contributed by atoms with Crippen LogP contribution in [0.25, 0.3) is 0 Å². The molecule has 0 aliphatic carbocycles.